The van der Waals surface area contributed by atoms with E-state index >= 15 is 0 Å². The molecule has 0 aliphatic heterocycles. The summed E-state index contributed by atoms with van der Waals surface area (Å²) in [6, 6.07) is 13.3. The highest BCUT2D eigenvalue weighted by atomic mass is 35.5. The smallest absolute Gasteiger partial charge is 0.416 e. The van der Waals surface area contributed by atoms with Gasteiger partial charge in [0.1, 0.15) is 6.61 Å². The minimum Gasteiger partial charge on any atom is -0.455 e. The molecule has 0 amide bonds. The average molecular weight is 357 g/mol. The lowest BCUT2D eigenvalue weighted by Crippen LogP contribution is -2.14. The number of halogens is 4. The maximum Gasteiger partial charge on any atom is 0.416 e. The van der Waals surface area contributed by atoms with E-state index in [4.69, 9.17) is 16.3 Å². The first-order valence-electron chi connectivity index (χ1n) is 6.74. The second-order valence-corrected chi connectivity index (χ2v) is 5.01. The molecule has 0 aromatic heterocycles. The molecule has 0 saturated heterocycles. The maximum absolute atomic E-state index is 12.6. The van der Waals surface area contributed by atoms with Crippen molar-refractivity contribution in [3.05, 3.63) is 65.7 Å². The number of alkyl halides is 3. The Morgan fingerprint density at radius 1 is 1.12 bits per heavy atom. The quantitative estimate of drug-likeness (QED) is 0.490. The number of hydrazone groups is 1. The molecule has 126 valence electrons. The van der Waals surface area contributed by atoms with Crippen LogP contribution >= 0.6 is 11.6 Å². The Morgan fingerprint density at radius 3 is 2.50 bits per heavy atom. The van der Waals surface area contributed by atoms with Crippen molar-refractivity contribution in [3.8, 4) is 0 Å². The third kappa shape index (κ3) is 5.27. The fraction of sp³-hybridized carbons (Fsp3) is 0.125. The van der Waals surface area contributed by atoms with E-state index in [1.54, 1.807) is 24.3 Å². The molecule has 0 fully saturated rings. The number of rotatable bonds is 5. The van der Waals surface area contributed by atoms with Crippen molar-refractivity contribution in [1.82, 2.24) is 0 Å². The molecule has 2 aromatic carbocycles. The molecule has 0 atom stereocenters. The van der Waals surface area contributed by atoms with Crippen molar-refractivity contribution in [3.63, 3.8) is 0 Å². The lowest BCUT2D eigenvalue weighted by atomic mass is 10.2. The first-order valence-corrected chi connectivity index (χ1v) is 7.11. The number of nitrogens with one attached hydrogen (secondary N) is 1. The van der Waals surface area contributed by atoms with Gasteiger partial charge in [-0.3, -0.25) is 5.43 Å². The van der Waals surface area contributed by atoms with E-state index in [1.165, 1.54) is 12.1 Å². The zero-order chi connectivity index (χ0) is 17.6. The van der Waals surface area contributed by atoms with Crippen molar-refractivity contribution in [1.29, 1.82) is 0 Å². The van der Waals surface area contributed by atoms with E-state index < -0.39 is 22.9 Å². The monoisotopic (exact) mass is 356 g/mol. The Labute approximate surface area is 140 Å². The summed E-state index contributed by atoms with van der Waals surface area (Å²) in [7, 11) is 0. The molecule has 4 nitrogen and oxygen atoms in total. The Morgan fingerprint density at radius 2 is 1.83 bits per heavy atom. The predicted molar refractivity (Wildman–Crippen MR) is 84.6 cm³/mol. The van der Waals surface area contributed by atoms with Gasteiger partial charge < -0.3 is 4.74 Å². The van der Waals surface area contributed by atoms with Gasteiger partial charge >= 0.3 is 12.1 Å². The van der Waals surface area contributed by atoms with Gasteiger partial charge in [-0.2, -0.15) is 18.3 Å². The highest BCUT2D eigenvalue weighted by Crippen LogP contribution is 2.30. The Hall–Kier alpha value is -2.54. The van der Waals surface area contributed by atoms with Crippen LogP contribution in [0.25, 0.3) is 0 Å². The molecule has 8 heteroatoms. The van der Waals surface area contributed by atoms with Gasteiger partial charge in [-0.05, 0) is 23.8 Å². The summed E-state index contributed by atoms with van der Waals surface area (Å²) in [4.78, 5) is 11.7. The Balaban J connectivity index is 1.94. The molecular weight excluding hydrogens is 345 g/mol. The van der Waals surface area contributed by atoms with Crippen molar-refractivity contribution in [2.45, 2.75) is 12.8 Å². The summed E-state index contributed by atoms with van der Waals surface area (Å²) in [5, 5.41) is 3.00. The van der Waals surface area contributed by atoms with Crippen molar-refractivity contribution >= 4 is 28.4 Å². The number of benzene rings is 2. The Kier molecular flexibility index (Phi) is 5.81. The fourth-order valence-electron chi connectivity index (χ4n) is 1.71. The summed E-state index contributed by atoms with van der Waals surface area (Å²) in [6.07, 6.45) is -4.47. The molecule has 1 N–H and O–H groups in total. The molecule has 0 heterocycles. The van der Waals surface area contributed by atoms with Crippen LogP contribution in [-0.4, -0.2) is 11.1 Å². The average Bonchev–Trinajstić information content (AvgIpc) is 2.58. The summed E-state index contributed by atoms with van der Waals surface area (Å²) in [6.45, 7) is 0.00890. The van der Waals surface area contributed by atoms with Crippen LogP contribution in [-0.2, 0) is 22.3 Å². The number of anilines is 1. The minimum absolute atomic E-state index is 0.00890. The molecular formula is C16H12ClF3N2O2. The van der Waals surface area contributed by atoms with Gasteiger partial charge in [0.2, 0.25) is 5.17 Å². The lowest BCUT2D eigenvalue weighted by Gasteiger charge is -2.08. The predicted octanol–water partition coefficient (Wildman–Crippen LogP) is 4.41. The van der Waals surface area contributed by atoms with Crippen LogP contribution in [0.3, 0.4) is 0 Å². The highest BCUT2D eigenvalue weighted by molar-refractivity contribution is 6.82. The van der Waals surface area contributed by atoms with Crippen LogP contribution in [0.1, 0.15) is 11.1 Å². The van der Waals surface area contributed by atoms with Gasteiger partial charge in [-0.1, -0.05) is 48.0 Å². The van der Waals surface area contributed by atoms with Gasteiger partial charge in [0.05, 0.1) is 11.3 Å². The van der Waals surface area contributed by atoms with Gasteiger partial charge in [-0.15, -0.1) is 0 Å². The molecule has 0 radical (unpaired) electrons. The fourth-order valence-corrected chi connectivity index (χ4v) is 1.80. The van der Waals surface area contributed by atoms with Crippen LogP contribution in [0.15, 0.2) is 59.7 Å². The second-order valence-electron chi connectivity index (χ2n) is 4.65. The van der Waals surface area contributed by atoms with E-state index in [0.29, 0.717) is 0 Å². The van der Waals surface area contributed by atoms with Crippen LogP contribution in [0.4, 0.5) is 18.9 Å². The second kappa shape index (κ2) is 7.83. The van der Waals surface area contributed by atoms with E-state index in [2.05, 4.69) is 10.5 Å². The van der Waals surface area contributed by atoms with Crippen LogP contribution in [0, 0.1) is 0 Å². The largest absolute Gasteiger partial charge is 0.455 e. The van der Waals surface area contributed by atoms with Crippen molar-refractivity contribution in [2.24, 2.45) is 5.10 Å². The minimum atomic E-state index is -4.47. The number of esters is 1. The number of hydrogen-bond donors (Lipinski definition) is 1. The van der Waals surface area contributed by atoms with Crippen LogP contribution in [0.2, 0.25) is 0 Å². The molecule has 0 bridgehead atoms. The zero-order valence-corrected chi connectivity index (χ0v) is 12.9. The Bertz CT molecular complexity index is 734. The highest BCUT2D eigenvalue weighted by Gasteiger charge is 2.30. The molecule has 2 aromatic rings. The number of ether oxygens (including phenoxy) is 1. The van der Waals surface area contributed by atoms with E-state index in [-0.39, 0.29) is 12.3 Å². The van der Waals surface area contributed by atoms with Crippen molar-refractivity contribution < 1.29 is 22.7 Å². The molecule has 0 aliphatic carbocycles. The van der Waals surface area contributed by atoms with Gasteiger partial charge in [0.15, 0.2) is 0 Å². The lowest BCUT2D eigenvalue weighted by molar-refractivity contribution is -0.138. The van der Waals surface area contributed by atoms with E-state index in [9.17, 15) is 18.0 Å². The summed E-state index contributed by atoms with van der Waals surface area (Å²) >= 11 is 5.67. The first kappa shape index (κ1) is 17.8. The van der Waals surface area contributed by atoms with Gasteiger partial charge in [0, 0.05) is 0 Å². The molecule has 0 saturated carbocycles. The zero-order valence-electron chi connectivity index (χ0n) is 12.2. The number of carbonyl (C=O) groups excluding carboxylic acids is 1. The number of nitrogens with zero attached hydrogens (tertiary/aromatic N) is 1. The van der Waals surface area contributed by atoms with Crippen LogP contribution in [0.5, 0.6) is 0 Å². The summed E-state index contributed by atoms with van der Waals surface area (Å²) in [5.41, 5.74) is 2.25. The van der Waals surface area contributed by atoms with Crippen LogP contribution < -0.4 is 5.43 Å². The third-order valence-corrected chi connectivity index (χ3v) is 3.09. The normalized spacial score (nSPS) is 11.9. The van der Waals surface area contributed by atoms with Gasteiger partial charge in [-0.25, -0.2) is 4.79 Å². The third-order valence-electron chi connectivity index (χ3n) is 2.85. The first-order chi connectivity index (χ1) is 11.4. The topological polar surface area (TPSA) is 50.7 Å². The van der Waals surface area contributed by atoms with E-state index in [0.717, 1.165) is 17.7 Å². The van der Waals surface area contributed by atoms with E-state index in [1.807, 2.05) is 6.07 Å². The summed E-state index contributed by atoms with van der Waals surface area (Å²) < 4.78 is 42.7. The number of carbonyl (C=O) groups is 1. The maximum atomic E-state index is 12.6. The molecule has 0 spiro atoms. The summed E-state index contributed by atoms with van der Waals surface area (Å²) in [5.74, 6) is -0.889. The molecule has 24 heavy (non-hydrogen) atoms. The molecule has 2 rings (SSSR count). The van der Waals surface area contributed by atoms with Crippen molar-refractivity contribution in [2.75, 3.05) is 5.43 Å². The molecule has 0 aliphatic rings. The number of hydrogen-bond acceptors (Lipinski definition) is 4. The standard InChI is InChI=1S/C16H12ClF3N2O2/c17-14(15(23)24-10-11-5-2-1-3-6-11)22-21-13-8-4-7-12(9-13)16(18,19)20/h1-9,21H,10H2/b22-14-. The SMILES string of the molecule is O=C(OCc1ccccc1)/C(Cl)=N/Nc1cccc(C(F)(F)F)c1. The molecule has 0 unspecified atom stereocenters. The van der Waals surface area contributed by atoms with Gasteiger partial charge in [0.25, 0.3) is 0 Å².